The number of ether oxygens (including phenoxy) is 3. The van der Waals surface area contributed by atoms with Gasteiger partial charge in [-0.2, -0.15) is 0 Å². The molecule has 138 valence electrons. The van der Waals surface area contributed by atoms with Gasteiger partial charge in [-0.1, -0.05) is 6.42 Å². The third-order valence-electron chi connectivity index (χ3n) is 4.57. The van der Waals surface area contributed by atoms with Crippen molar-refractivity contribution >= 4 is 12.1 Å². The Kier molecular flexibility index (Phi) is 6.90. The molecule has 1 amide bonds. The van der Waals surface area contributed by atoms with Crippen LogP contribution in [0.4, 0.5) is 4.79 Å². The van der Waals surface area contributed by atoms with Crippen LogP contribution in [0.1, 0.15) is 59.3 Å². The molecule has 24 heavy (non-hydrogen) atoms. The quantitative estimate of drug-likeness (QED) is 0.796. The molecular formula is C18H31NO5. The molecule has 0 aromatic carbocycles. The summed E-state index contributed by atoms with van der Waals surface area (Å²) in [6.45, 7) is 7.27. The Labute approximate surface area is 144 Å². The van der Waals surface area contributed by atoms with Crippen LogP contribution in [-0.2, 0) is 19.0 Å². The summed E-state index contributed by atoms with van der Waals surface area (Å²) in [7, 11) is 0. The maximum atomic E-state index is 12.3. The van der Waals surface area contributed by atoms with Crippen LogP contribution in [0.2, 0.25) is 0 Å². The molecule has 0 bridgehead atoms. The lowest BCUT2D eigenvalue weighted by molar-refractivity contribution is -0.161. The smallest absolute Gasteiger partial charge is 0.407 e. The fourth-order valence-corrected chi connectivity index (χ4v) is 3.27. The monoisotopic (exact) mass is 341 g/mol. The van der Waals surface area contributed by atoms with Crippen molar-refractivity contribution in [1.29, 1.82) is 0 Å². The maximum Gasteiger partial charge on any atom is 0.407 e. The lowest BCUT2D eigenvalue weighted by Gasteiger charge is -2.33. The summed E-state index contributed by atoms with van der Waals surface area (Å²) in [6, 6.07) is 0. The first-order chi connectivity index (χ1) is 11.3. The minimum Gasteiger partial charge on any atom is -0.462 e. The predicted molar refractivity (Wildman–Crippen MR) is 89.6 cm³/mol. The van der Waals surface area contributed by atoms with E-state index in [0.717, 1.165) is 38.5 Å². The minimum absolute atomic E-state index is 0.0415. The van der Waals surface area contributed by atoms with Crippen LogP contribution in [0.25, 0.3) is 0 Å². The molecule has 0 radical (unpaired) electrons. The van der Waals surface area contributed by atoms with E-state index < -0.39 is 11.7 Å². The lowest BCUT2D eigenvalue weighted by Crippen LogP contribution is -2.41. The normalized spacial score (nSPS) is 25.8. The van der Waals surface area contributed by atoms with Gasteiger partial charge < -0.3 is 19.5 Å². The van der Waals surface area contributed by atoms with Crippen molar-refractivity contribution in [2.45, 2.75) is 71.0 Å². The van der Waals surface area contributed by atoms with E-state index in [2.05, 4.69) is 5.32 Å². The standard InChI is InChI=1S/C18H31NO5/c1-18(2,3)24-17(21)19-12-14-6-4-5-7-15(14)23-16(20)13-8-10-22-11-9-13/h13-15H,4-12H2,1-3H3,(H,19,21). The van der Waals surface area contributed by atoms with Crippen molar-refractivity contribution in [1.82, 2.24) is 5.32 Å². The molecule has 1 aliphatic heterocycles. The lowest BCUT2D eigenvalue weighted by atomic mass is 9.86. The van der Waals surface area contributed by atoms with Crippen LogP contribution in [0.5, 0.6) is 0 Å². The number of amides is 1. The van der Waals surface area contributed by atoms with E-state index in [4.69, 9.17) is 14.2 Å². The van der Waals surface area contributed by atoms with Crippen molar-refractivity contribution in [3.63, 3.8) is 0 Å². The molecule has 1 saturated heterocycles. The highest BCUT2D eigenvalue weighted by Crippen LogP contribution is 2.28. The number of nitrogens with one attached hydrogen (secondary N) is 1. The minimum atomic E-state index is -0.508. The van der Waals surface area contributed by atoms with Gasteiger partial charge in [-0.05, 0) is 52.9 Å². The van der Waals surface area contributed by atoms with Gasteiger partial charge in [0.2, 0.25) is 0 Å². The highest BCUT2D eigenvalue weighted by Gasteiger charge is 2.32. The van der Waals surface area contributed by atoms with Gasteiger partial charge in [0, 0.05) is 25.7 Å². The van der Waals surface area contributed by atoms with E-state index in [-0.39, 0.29) is 23.9 Å². The average Bonchev–Trinajstić information content (AvgIpc) is 2.53. The topological polar surface area (TPSA) is 73.9 Å². The molecule has 1 heterocycles. The second kappa shape index (κ2) is 8.70. The molecule has 1 aliphatic carbocycles. The highest BCUT2D eigenvalue weighted by molar-refractivity contribution is 5.72. The molecule has 0 spiro atoms. The van der Waals surface area contributed by atoms with Crippen LogP contribution in [0, 0.1) is 11.8 Å². The first-order valence-electron chi connectivity index (χ1n) is 9.10. The molecule has 2 rings (SSSR count). The Bertz CT molecular complexity index is 426. The molecule has 2 aliphatic rings. The molecule has 0 aromatic rings. The molecule has 2 fully saturated rings. The first kappa shape index (κ1) is 19.0. The molecule has 1 N–H and O–H groups in total. The van der Waals surface area contributed by atoms with Gasteiger partial charge in [-0.25, -0.2) is 4.79 Å². The van der Waals surface area contributed by atoms with Crippen molar-refractivity contribution in [3.05, 3.63) is 0 Å². The highest BCUT2D eigenvalue weighted by atomic mass is 16.6. The number of esters is 1. The molecular weight excluding hydrogens is 310 g/mol. The SMILES string of the molecule is CC(C)(C)OC(=O)NCC1CCCCC1OC(=O)C1CCOCC1. The summed E-state index contributed by atoms with van der Waals surface area (Å²) in [5.74, 6) is 0.0164. The molecule has 2 atom stereocenters. The average molecular weight is 341 g/mol. The van der Waals surface area contributed by atoms with Crippen LogP contribution < -0.4 is 5.32 Å². The molecule has 6 nitrogen and oxygen atoms in total. The summed E-state index contributed by atoms with van der Waals surface area (Å²) in [5.41, 5.74) is -0.508. The van der Waals surface area contributed by atoms with Crippen LogP contribution in [-0.4, -0.2) is 43.5 Å². The van der Waals surface area contributed by atoms with E-state index in [1.54, 1.807) is 0 Å². The van der Waals surface area contributed by atoms with Crippen molar-refractivity contribution < 1.29 is 23.8 Å². The van der Waals surface area contributed by atoms with Crippen molar-refractivity contribution in [2.75, 3.05) is 19.8 Å². The fourth-order valence-electron chi connectivity index (χ4n) is 3.27. The Morgan fingerprint density at radius 1 is 1.08 bits per heavy atom. The van der Waals surface area contributed by atoms with Gasteiger partial charge in [0.25, 0.3) is 0 Å². The largest absolute Gasteiger partial charge is 0.462 e. The van der Waals surface area contributed by atoms with Gasteiger partial charge in [0.1, 0.15) is 11.7 Å². The van der Waals surface area contributed by atoms with Gasteiger partial charge in [0.05, 0.1) is 5.92 Å². The number of alkyl carbamates (subject to hydrolysis) is 1. The Balaban J connectivity index is 1.81. The van der Waals surface area contributed by atoms with Crippen LogP contribution in [0.15, 0.2) is 0 Å². The Morgan fingerprint density at radius 3 is 2.42 bits per heavy atom. The number of hydrogen-bond acceptors (Lipinski definition) is 5. The zero-order valence-corrected chi connectivity index (χ0v) is 15.1. The van der Waals surface area contributed by atoms with E-state index in [0.29, 0.717) is 19.8 Å². The number of carbonyl (C=O) groups excluding carboxylic acids is 2. The van der Waals surface area contributed by atoms with Gasteiger partial charge in [0.15, 0.2) is 0 Å². The zero-order chi connectivity index (χ0) is 17.6. The third-order valence-corrected chi connectivity index (χ3v) is 4.57. The Hall–Kier alpha value is -1.30. The van der Waals surface area contributed by atoms with Gasteiger partial charge >= 0.3 is 12.1 Å². The van der Waals surface area contributed by atoms with Crippen LogP contribution in [0.3, 0.4) is 0 Å². The Morgan fingerprint density at radius 2 is 1.75 bits per heavy atom. The third kappa shape index (κ3) is 6.30. The number of carbonyl (C=O) groups is 2. The summed E-state index contributed by atoms with van der Waals surface area (Å²) in [6.07, 6.45) is 4.96. The second-order valence-corrected chi connectivity index (χ2v) is 7.79. The van der Waals surface area contributed by atoms with Crippen molar-refractivity contribution in [2.24, 2.45) is 11.8 Å². The number of hydrogen-bond donors (Lipinski definition) is 1. The summed E-state index contributed by atoms with van der Waals surface area (Å²) < 4.78 is 16.4. The maximum absolute atomic E-state index is 12.3. The van der Waals surface area contributed by atoms with E-state index >= 15 is 0 Å². The summed E-state index contributed by atoms with van der Waals surface area (Å²) in [4.78, 5) is 24.2. The van der Waals surface area contributed by atoms with Crippen molar-refractivity contribution in [3.8, 4) is 0 Å². The summed E-state index contributed by atoms with van der Waals surface area (Å²) in [5, 5.41) is 2.82. The fraction of sp³-hybridized carbons (Fsp3) is 0.889. The van der Waals surface area contributed by atoms with E-state index in [9.17, 15) is 9.59 Å². The molecule has 0 aromatic heterocycles. The summed E-state index contributed by atoms with van der Waals surface area (Å²) >= 11 is 0. The predicted octanol–water partition coefficient (Wildman–Crippen LogP) is 3.04. The molecule has 6 heteroatoms. The van der Waals surface area contributed by atoms with Gasteiger partial charge in [-0.15, -0.1) is 0 Å². The zero-order valence-electron chi connectivity index (χ0n) is 15.1. The van der Waals surface area contributed by atoms with E-state index in [1.807, 2.05) is 20.8 Å². The van der Waals surface area contributed by atoms with Gasteiger partial charge in [-0.3, -0.25) is 4.79 Å². The van der Waals surface area contributed by atoms with Crippen LogP contribution >= 0.6 is 0 Å². The molecule has 2 unspecified atom stereocenters. The first-order valence-corrected chi connectivity index (χ1v) is 9.10. The second-order valence-electron chi connectivity index (χ2n) is 7.79. The number of rotatable bonds is 4. The molecule has 1 saturated carbocycles. The van der Waals surface area contributed by atoms with E-state index in [1.165, 1.54) is 0 Å².